The second kappa shape index (κ2) is 11.9. The van der Waals surface area contributed by atoms with Gasteiger partial charge in [0.05, 0.1) is 19.5 Å². The van der Waals surface area contributed by atoms with Gasteiger partial charge in [0.25, 0.3) is 0 Å². The molecule has 0 aromatic heterocycles. The predicted octanol–water partition coefficient (Wildman–Crippen LogP) is 1.35. The number of carbonyl (C=O) groups excluding carboxylic acids is 1. The molecule has 0 saturated heterocycles. The molecule has 6 nitrogen and oxygen atoms in total. The normalized spacial score (nSPS) is 9.78. The van der Waals surface area contributed by atoms with Gasteiger partial charge in [0, 0.05) is 12.8 Å². The largest absolute Gasteiger partial charge is 0.499 e. The summed E-state index contributed by atoms with van der Waals surface area (Å²) < 4.78 is 14.8. The quantitative estimate of drug-likeness (QED) is 0.324. The van der Waals surface area contributed by atoms with Crippen molar-refractivity contribution in [3.63, 3.8) is 0 Å². The molecule has 0 bridgehead atoms. The van der Waals surface area contributed by atoms with Crippen molar-refractivity contribution in [1.82, 2.24) is 0 Å². The van der Waals surface area contributed by atoms with Crippen LogP contribution < -0.4 is 0 Å². The first kappa shape index (κ1) is 16.4. The summed E-state index contributed by atoms with van der Waals surface area (Å²) in [5.41, 5.74) is 0. The molecular formula is C12H20O6. The Kier molecular flexibility index (Phi) is 10.9. The van der Waals surface area contributed by atoms with E-state index in [1.807, 2.05) is 0 Å². The van der Waals surface area contributed by atoms with Gasteiger partial charge in [-0.1, -0.05) is 6.58 Å². The van der Waals surface area contributed by atoms with E-state index in [-0.39, 0.29) is 25.4 Å². The maximum absolute atomic E-state index is 11.2. The first-order valence-corrected chi connectivity index (χ1v) is 5.84. The third-order valence-corrected chi connectivity index (χ3v) is 1.98. The third-order valence-electron chi connectivity index (χ3n) is 1.98. The highest BCUT2D eigenvalue weighted by atomic mass is 16.6. The molecule has 0 saturated carbocycles. The summed E-state index contributed by atoms with van der Waals surface area (Å²) in [5, 5.41) is 8.39. The lowest BCUT2D eigenvalue weighted by atomic mass is 10.2. The van der Waals surface area contributed by atoms with Gasteiger partial charge in [0.1, 0.15) is 13.2 Å². The van der Waals surface area contributed by atoms with E-state index >= 15 is 0 Å². The van der Waals surface area contributed by atoms with Crippen molar-refractivity contribution in [1.29, 1.82) is 0 Å². The van der Waals surface area contributed by atoms with Crippen LogP contribution in [-0.4, -0.2) is 43.5 Å². The van der Waals surface area contributed by atoms with Crippen LogP contribution in [-0.2, 0) is 23.8 Å². The fourth-order valence-corrected chi connectivity index (χ4v) is 1.12. The van der Waals surface area contributed by atoms with Crippen LogP contribution in [0.5, 0.6) is 0 Å². The molecule has 18 heavy (non-hydrogen) atoms. The predicted molar refractivity (Wildman–Crippen MR) is 64.0 cm³/mol. The first-order valence-electron chi connectivity index (χ1n) is 5.84. The molecule has 0 spiro atoms. The van der Waals surface area contributed by atoms with Gasteiger partial charge in [-0.05, 0) is 12.8 Å². The maximum atomic E-state index is 11.2. The molecule has 0 aliphatic rings. The van der Waals surface area contributed by atoms with E-state index in [0.717, 1.165) is 0 Å². The number of hydrogen-bond acceptors (Lipinski definition) is 5. The van der Waals surface area contributed by atoms with Gasteiger partial charge in [-0.15, -0.1) is 0 Å². The number of ether oxygens (including phenoxy) is 3. The zero-order valence-corrected chi connectivity index (χ0v) is 10.4. The fraction of sp³-hybridized carbons (Fsp3) is 0.667. The van der Waals surface area contributed by atoms with Gasteiger partial charge < -0.3 is 19.3 Å². The van der Waals surface area contributed by atoms with E-state index < -0.39 is 5.97 Å². The molecule has 104 valence electrons. The molecule has 0 radical (unpaired) electrons. The molecule has 1 N–H and O–H groups in total. The minimum Gasteiger partial charge on any atom is -0.499 e. The van der Waals surface area contributed by atoms with Crippen LogP contribution >= 0.6 is 0 Å². The second-order valence-corrected chi connectivity index (χ2v) is 3.47. The molecular weight excluding hydrogens is 240 g/mol. The highest BCUT2D eigenvalue weighted by Crippen LogP contribution is 2.01. The van der Waals surface area contributed by atoms with Gasteiger partial charge in [-0.3, -0.25) is 9.59 Å². The number of unbranched alkanes of at least 4 members (excludes halogenated alkanes) is 1. The average Bonchev–Trinajstić information content (AvgIpc) is 2.33. The summed E-state index contributed by atoms with van der Waals surface area (Å²) in [7, 11) is 0. The standard InChI is InChI=1S/C12H20O6/c1-2-16-7-8-17-9-10-18-12(15)6-4-3-5-11(13)14/h2H,1,3-10H2,(H,13,14). The second-order valence-electron chi connectivity index (χ2n) is 3.47. The molecule has 6 heteroatoms. The number of aliphatic carboxylic acids is 1. The summed E-state index contributed by atoms with van der Waals surface area (Å²) in [5.74, 6) is -1.18. The lowest BCUT2D eigenvalue weighted by Crippen LogP contribution is -2.12. The average molecular weight is 260 g/mol. The van der Waals surface area contributed by atoms with Crippen LogP contribution in [0.25, 0.3) is 0 Å². The van der Waals surface area contributed by atoms with Crippen molar-refractivity contribution in [2.45, 2.75) is 25.7 Å². The molecule has 0 aromatic carbocycles. The summed E-state index contributed by atoms with van der Waals surface area (Å²) in [6.45, 7) is 4.74. The molecule has 0 aliphatic carbocycles. The van der Waals surface area contributed by atoms with Crippen LogP contribution in [0.1, 0.15) is 25.7 Å². The van der Waals surface area contributed by atoms with Crippen LogP contribution in [0.3, 0.4) is 0 Å². The number of carbonyl (C=O) groups is 2. The van der Waals surface area contributed by atoms with E-state index in [0.29, 0.717) is 32.7 Å². The smallest absolute Gasteiger partial charge is 0.305 e. The summed E-state index contributed by atoms with van der Waals surface area (Å²) >= 11 is 0. The zero-order chi connectivity index (χ0) is 13.6. The monoisotopic (exact) mass is 260 g/mol. The molecule has 0 aliphatic heterocycles. The van der Waals surface area contributed by atoms with Crippen molar-refractivity contribution >= 4 is 11.9 Å². The Morgan fingerprint density at radius 2 is 1.72 bits per heavy atom. The highest BCUT2D eigenvalue weighted by molar-refractivity contribution is 5.69. The molecule has 0 fully saturated rings. The zero-order valence-electron chi connectivity index (χ0n) is 10.4. The molecule has 0 amide bonds. The van der Waals surface area contributed by atoms with Crippen molar-refractivity contribution in [2.75, 3.05) is 26.4 Å². The summed E-state index contributed by atoms with van der Waals surface area (Å²) in [6, 6.07) is 0. The Hall–Kier alpha value is -1.56. The Balaban J connectivity index is 3.21. The topological polar surface area (TPSA) is 82.1 Å². The van der Waals surface area contributed by atoms with E-state index in [2.05, 4.69) is 6.58 Å². The Bertz CT molecular complexity index is 251. The Morgan fingerprint density at radius 1 is 1.06 bits per heavy atom. The number of carboxylic acids is 1. The molecule has 0 rings (SSSR count). The lowest BCUT2D eigenvalue weighted by Gasteiger charge is -2.05. The van der Waals surface area contributed by atoms with Crippen LogP contribution in [0.4, 0.5) is 0 Å². The minimum atomic E-state index is -0.849. The van der Waals surface area contributed by atoms with Crippen molar-refractivity contribution in [3.8, 4) is 0 Å². The number of esters is 1. The van der Waals surface area contributed by atoms with Gasteiger partial charge in [0.2, 0.25) is 0 Å². The maximum Gasteiger partial charge on any atom is 0.305 e. The van der Waals surface area contributed by atoms with E-state index in [9.17, 15) is 9.59 Å². The Labute approximate surface area is 107 Å². The number of carboxylic acid groups (broad SMARTS) is 1. The van der Waals surface area contributed by atoms with Crippen LogP contribution in [0.15, 0.2) is 12.8 Å². The molecule has 0 atom stereocenters. The van der Waals surface area contributed by atoms with Gasteiger partial charge >= 0.3 is 11.9 Å². The van der Waals surface area contributed by atoms with Crippen molar-refractivity contribution in [2.24, 2.45) is 0 Å². The Morgan fingerprint density at radius 3 is 2.39 bits per heavy atom. The first-order chi connectivity index (χ1) is 8.66. The lowest BCUT2D eigenvalue weighted by molar-refractivity contribution is -0.145. The van der Waals surface area contributed by atoms with Crippen molar-refractivity contribution < 1.29 is 28.9 Å². The minimum absolute atomic E-state index is 0.0830. The highest BCUT2D eigenvalue weighted by Gasteiger charge is 2.03. The van der Waals surface area contributed by atoms with E-state index in [1.54, 1.807) is 0 Å². The van der Waals surface area contributed by atoms with Crippen LogP contribution in [0.2, 0.25) is 0 Å². The molecule has 0 heterocycles. The van der Waals surface area contributed by atoms with E-state index in [1.165, 1.54) is 6.26 Å². The third kappa shape index (κ3) is 12.5. The molecule has 0 aromatic rings. The van der Waals surface area contributed by atoms with Gasteiger partial charge in [-0.25, -0.2) is 0 Å². The van der Waals surface area contributed by atoms with Crippen LogP contribution in [0, 0.1) is 0 Å². The van der Waals surface area contributed by atoms with Gasteiger partial charge in [0.15, 0.2) is 0 Å². The number of rotatable bonds is 12. The SMILES string of the molecule is C=COCCOCCOC(=O)CCCCC(=O)O. The van der Waals surface area contributed by atoms with E-state index in [4.69, 9.17) is 19.3 Å². The summed E-state index contributed by atoms with van der Waals surface area (Å²) in [6.07, 6.45) is 2.67. The van der Waals surface area contributed by atoms with Crippen molar-refractivity contribution in [3.05, 3.63) is 12.8 Å². The van der Waals surface area contributed by atoms with Gasteiger partial charge in [-0.2, -0.15) is 0 Å². The summed E-state index contributed by atoms with van der Waals surface area (Å²) in [4.78, 5) is 21.4. The number of hydrogen-bond donors (Lipinski definition) is 1. The molecule has 0 unspecified atom stereocenters. The fourth-order valence-electron chi connectivity index (χ4n) is 1.12.